The van der Waals surface area contributed by atoms with Crippen LogP contribution >= 0.6 is 12.2 Å². The Labute approximate surface area is 198 Å². The molecule has 0 atom stereocenters. The number of thiocarbonyl (C=S) groups is 1. The van der Waals surface area contributed by atoms with Gasteiger partial charge in [-0.05, 0) is 43.3 Å². The van der Waals surface area contributed by atoms with E-state index in [0.717, 1.165) is 22.9 Å². The van der Waals surface area contributed by atoms with Gasteiger partial charge in [0, 0.05) is 43.3 Å². The van der Waals surface area contributed by atoms with Crippen LogP contribution in [0.5, 0.6) is 11.5 Å². The molecular weight excluding hydrogens is 438 g/mol. The zero-order valence-electron chi connectivity index (χ0n) is 18.8. The van der Waals surface area contributed by atoms with E-state index in [2.05, 4.69) is 22.4 Å². The fourth-order valence-electron chi connectivity index (χ4n) is 3.74. The van der Waals surface area contributed by atoms with E-state index in [4.69, 9.17) is 26.4 Å². The van der Waals surface area contributed by atoms with Crippen LogP contribution in [0.4, 0.5) is 0 Å². The quantitative estimate of drug-likeness (QED) is 0.368. The molecule has 0 aliphatic carbocycles. The van der Waals surface area contributed by atoms with Crippen molar-refractivity contribution in [2.45, 2.75) is 26.4 Å². The molecule has 8 heteroatoms. The van der Waals surface area contributed by atoms with Crippen molar-refractivity contribution in [2.75, 3.05) is 33.0 Å². The molecule has 0 bridgehead atoms. The van der Waals surface area contributed by atoms with Gasteiger partial charge in [0.25, 0.3) is 5.56 Å². The number of pyridine rings is 1. The molecule has 2 N–H and O–H groups in total. The standard InChI is InChI=1S/C25H29N3O4S/c1-2-30-10-6-9-26-25(33)28(16-18-7-4-3-5-8-18)17-20-13-19-14-22-23(32-12-11-31-22)15-21(19)27-24(20)29/h3-5,7-8,13-15H,2,6,9-12,16-17H2,1H3,(H,26,33)(H,27,29). The minimum atomic E-state index is -0.142. The Balaban J connectivity index is 1.55. The molecular formula is C25H29N3O4S. The smallest absolute Gasteiger partial charge is 0.253 e. The molecule has 0 amide bonds. The highest BCUT2D eigenvalue weighted by atomic mass is 32.1. The maximum absolute atomic E-state index is 12.9. The van der Waals surface area contributed by atoms with Gasteiger partial charge in [0.1, 0.15) is 13.2 Å². The minimum absolute atomic E-state index is 0.142. The van der Waals surface area contributed by atoms with E-state index in [1.807, 2.05) is 48.2 Å². The van der Waals surface area contributed by atoms with Gasteiger partial charge >= 0.3 is 0 Å². The topological polar surface area (TPSA) is 75.8 Å². The normalized spacial score (nSPS) is 12.5. The SMILES string of the molecule is CCOCCCNC(=S)N(Cc1ccccc1)Cc1cc2cc3c(cc2[nH]c1=O)OCCO3. The molecule has 33 heavy (non-hydrogen) atoms. The molecule has 174 valence electrons. The third-order valence-electron chi connectivity index (χ3n) is 5.39. The van der Waals surface area contributed by atoms with Gasteiger partial charge in [-0.15, -0.1) is 0 Å². The second kappa shape index (κ2) is 11.2. The van der Waals surface area contributed by atoms with Crippen molar-refractivity contribution in [2.24, 2.45) is 0 Å². The van der Waals surface area contributed by atoms with Crippen LogP contribution in [0.25, 0.3) is 10.9 Å². The summed E-state index contributed by atoms with van der Waals surface area (Å²) in [5.41, 5.74) is 2.33. The summed E-state index contributed by atoms with van der Waals surface area (Å²) in [5, 5.41) is 4.81. The molecule has 2 aromatic carbocycles. The van der Waals surface area contributed by atoms with Crippen LogP contribution in [0.2, 0.25) is 0 Å². The van der Waals surface area contributed by atoms with E-state index in [1.54, 1.807) is 0 Å². The van der Waals surface area contributed by atoms with Crippen molar-refractivity contribution in [3.8, 4) is 11.5 Å². The Morgan fingerprint density at radius 3 is 2.64 bits per heavy atom. The van der Waals surface area contributed by atoms with Gasteiger partial charge in [0.2, 0.25) is 0 Å². The number of aromatic amines is 1. The minimum Gasteiger partial charge on any atom is -0.486 e. The fourth-order valence-corrected chi connectivity index (χ4v) is 3.97. The Bertz CT molecular complexity index is 1150. The fraction of sp³-hybridized carbons (Fsp3) is 0.360. The predicted molar refractivity (Wildman–Crippen MR) is 133 cm³/mol. The lowest BCUT2D eigenvalue weighted by atomic mass is 10.1. The number of aromatic nitrogens is 1. The lowest BCUT2D eigenvalue weighted by Crippen LogP contribution is -2.40. The van der Waals surface area contributed by atoms with E-state index in [0.29, 0.717) is 68.2 Å². The summed E-state index contributed by atoms with van der Waals surface area (Å²) >= 11 is 5.70. The van der Waals surface area contributed by atoms with Gasteiger partial charge in [0.05, 0.1) is 12.1 Å². The summed E-state index contributed by atoms with van der Waals surface area (Å²) in [5.74, 6) is 1.35. The molecule has 4 rings (SSSR count). The molecule has 1 aliphatic heterocycles. The monoisotopic (exact) mass is 467 g/mol. The molecule has 0 saturated carbocycles. The summed E-state index contributed by atoms with van der Waals surface area (Å²) in [6.45, 7) is 6.08. The van der Waals surface area contributed by atoms with E-state index in [-0.39, 0.29) is 5.56 Å². The second-order valence-electron chi connectivity index (χ2n) is 7.83. The second-order valence-corrected chi connectivity index (χ2v) is 8.22. The van der Waals surface area contributed by atoms with Crippen LogP contribution < -0.4 is 20.3 Å². The van der Waals surface area contributed by atoms with Crippen LogP contribution in [-0.2, 0) is 17.8 Å². The number of nitrogens with one attached hydrogen (secondary N) is 2. The molecule has 3 aromatic rings. The summed E-state index contributed by atoms with van der Waals surface area (Å²) in [6, 6.07) is 15.7. The zero-order chi connectivity index (χ0) is 23.0. The molecule has 0 unspecified atom stereocenters. The Kier molecular flexibility index (Phi) is 7.80. The summed E-state index contributed by atoms with van der Waals surface area (Å²) < 4.78 is 16.7. The lowest BCUT2D eigenvalue weighted by molar-refractivity contribution is 0.145. The molecule has 0 saturated heterocycles. The summed E-state index contributed by atoms with van der Waals surface area (Å²) in [7, 11) is 0. The zero-order valence-corrected chi connectivity index (χ0v) is 19.6. The highest BCUT2D eigenvalue weighted by molar-refractivity contribution is 7.80. The van der Waals surface area contributed by atoms with Crippen molar-refractivity contribution in [3.63, 3.8) is 0 Å². The predicted octanol–water partition coefficient (Wildman–Crippen LogP) is 3.60. The number of fused-ring (bicyclic) bond motifs is 2. The highest BCUT2D eigenvalue weighted by Gasteiger charge is 2.17. The maximum atomic E-state index is 12.9. The van der Waals surface area contributed by atoms with Crippen LogP contribution in [0, 0.1) is 0 Å². The first-order chi connectivity index (χ1) is 16.1. The van der Waals surface area contributed by atoms with E-state index < -0.39 is 0 Å². The van der Waals surface area contributed by atoms with Gasteiger partial charge in [-0.3, -0.25) is 4.79 Å². The Morgan fingerprint density at radius 1 is 1.12 bits per heavy atom. The molecule has 2 heterocycles. The van der Waals surface area contributed by atoms with Gasteiger partial charge in [-0.25, -0.2) is 0 Å². The number of hydrogen-bond acceptors (Lipinski definition) is 5. The van der Waals surface area contributed by atoms with E-state index in [9.17, 15) is 4.79 Å². The number of benzene rings is 2. The average Bonchev–Trinajstić information content (AvgIpc) is 2.83. The molecule has 1 aromatic heterocycles. The number of nitrogens with zero attached hydrogens (tertiary/aromatic N) is 1. The number of hydrogen-bond donors (Lipinski definition) is 2. The summed E-state index contributed by atoms with van der Waals surface area (Å²) in [6.07, 6.45) is 0.858. The third kappa shape index (κ3) is 6.03. The van der Waals surface area contributed by atoms with Crippen LogP contribution in [0.3, 0.4) is 0 Å². The Hall–Kier alpha value is -3.10. The van der Waals surface area contributed by atoms with Crippen molar-refractivity contribution in [1.82, 2.24) is 15.2 Å². The van der Waals surface area contributed by atoms with Crippen molar-refractivity contribution in [3.05, 3.63) is 70.0 Å². The largest absolute Gasteiger partial charge is 0.486 e. The van der Waals surface area contributed by atoms with E-state index in [1.165, 1.54) is 0 Å². The number of rotatable bonds is 9. The first kappa shape index (κ1) is 23.1. The third-order valence-corrected chi connectivity index (χ3v) is 5.80. The molecule has 0 spiro atoms. The van der Waals surface area contributed by atoms with Crippen molar-refractivity contribution < 1.29 is 14.2 Å². The van der Waals surface area contributed by atoms with Crippen molar-refractivity contribution >= 4 is 28.2 Å². The molecule has 0 fully saturated rings. The van der Waals surface area contributed by atoms with Crippen LogP contribution in [-0.4, -0.2) is 48.0 Å². The van der Waals surface area contributed by atoms with Gasteiger partial charge in [-0.1, -0.05) is 30.3 Å². The van der Waals surface area contributed by atoms with Crippen LogP contribution in [0.15, 0.2) is 53.3 Å². The molecule has 0 radical (unpaired) electrons. The number of ether oxygens (including phenoxy) is 3. The van der Waals surface area contributed by atoms with Gasteiger partial charge in [0.15, 0.2) is 16.6 Å². The summed E-state index contributed by atoms with van der Waals surface area (Å²) in [4.78, 5) is 17.9. The highest BCUT2D eigenvalue weighted by Crippen LogP contribution is 2.33. The van der Waals surface area contributed by atoms with Gasteiger partial charge in [-0.2, -0.15) is 0 Å². The van der Waals surface area contributed by atoms with Crippen LogP contribution in [0.1, 0.15) is 24.5 Å². The lowest BCUT2D eigenvalue weighted by Gasteiger charge is -2.26. The molecule has 7 nitrogen and oxygen atoms in total. The maximum Gasteiger partial charge on any atom is 0.253 e. The number of H-pyrrole nitrogens is 1. The first-order valence-electron chi connectivity index (χ1n) is 11.2. The van der Waals surface area contributed by atoms with Gasteiger partial charge < -0.3 is 29.4 Å². The average molecular weight is 468 g/mol. The first-order valence-corrected chi connectivity index (χ1v) is 11.6. The molecule has 1 aliphatic rings. The Morgan fingerprint density at radius 2 is 1.88 bits per heavy atom. The van der Waals surface area contributed by atoms with Crippen molar-refractivity contribution in [1.29, 1.82) is 0 Å². The van der Waals surface area contributed by atoms with E-state index >= 15 is 0 Å².